The molecule has 0 aromatic heterocycles. The Kier molecular flexibility index (Phi) is 12.1. The fourth-order valence-corrected chi connectivity index (χ4v) is 5.96. The van der Waals surface area contributed by atoms with Crippen LogP contribution in [0.4, 0.5) is 0 Å². The van der Waals surface area contributed by atoms with Crippen LogP contribution in [0.3, 0.4) is 0 Å². The third kappa shape index (κ3) is 9.44. The Hall–Kier alpha value is -0.0662. The van der Waals surface area contributed by atoms with Crippen molar-refractivity contribution in [2.24, 2.45) is 0 Å². The van der Waals surface area contributed by atoms with Gasteiger partial charge in [-0.3, -0.25) is 0 Å². The summed E-state index contributed by atoms with van der Waals surface area (Å²) in [5, 5.41) is 0. The Morgan fingerprint density at radius 2 is 2.12 bits per heavy atom. The minimum absolute atomic E-state index is 0.0602. The van der Waals surface area contributed by atoms with Gasteiger partial charge in [0.2, 0.25) is 0 Å². The second-order valence-corrected chi connectivity index (χ2v) is 11.2. The number of hydrogen-bond acceptors (Lipinski definition) is 6. The van der Waals surface area contributed by atoms with E-state index in [4.69, 9.17) is 23.1 Å². The summed E-state index contributed by atoms with van der Waals surface area (Å²) in [7, 11) is 3.77. The molecule has 0 saturated carbocycles. The van der Waals surface area contributed by atoms with E-state index in [0.29, 0.717) is 22.7 Å². The maximum absolute atomic E-state index is 6.36. The number of nitrogens with zero attached hydrogens (tertiary/aromatic N) is 1. The molecule has 1 saturated heterocycles. The number of ether oxygens (including phenoxy) is 3. The standard InChI is InChI=1S/C17H35NO5Si2/c1-6-11-22-15-16-14-18(9-7-12-24-17(19-2)20-3)10-8-13-25(5,21-4)23-16/h6,16-17H,1,7-15H2,2-5H3. The van der Waals surface area contributed by atoms with Crippen LogP contribution in [-0.2, 0) is 23.1 Å². The molecule has 8 heteroatoms. The first-order chi connectivity index (χ1) is 12.1. The summed E-state index contributed by atoms with van der Waals surface area (Å²) in [4.78, 5) is 2.49. The second kappa shape index (κ2) is 13.2. The van der Waals surface area contributed by atoms with Crippen molar-refractivity contribution in [1.82, 2.24) is 4.90 Å². The largest absolute Gasteiger partial charge is 0.398 e. The van der Waals surface area contributed by atoms with Crippen molar-refractivity contribution in [2.75, 3.05) is 54.2 Å². The average molecular weight is 390 g/mol. The van der Waals surface area contributed by atoms with Gasteiger partial charge in [-0.1, -0.05) is 12.1 Å². The summed E-state index contributed by atoms with van der Waals surface area (Å²) in [6.45, 7) is 10.1. The van der Waals surface area contributed by atoms with Gasteiger partial charge in [0.05, 0.1) is 19.3 Å². The van der Waals surface area contributed by atoms with E-state index >= 15 is 0 Å². The summed E-state index contributed by atoms with van der Waals surface area (Å²) in [6.07, 6.45) is 4.10. The normalized spacial score (nSPS) is 25.7. The Morgan fingerprint density at radius 1 is 1.36 bits per heavy atom. The Balaban J connectivity index is 2.46. The van der Waals surface area contributed by atoms with Crippen LogP contribution in [0.1, 0.15) is 12.8 Å². The molecule has 1 rings (SSSR count). The molecule has 0 spiro atoms. The molecule has 0 bridgehead atoms. The van der Waals surface area contributed by atoms with E-state index in [1.807, 2.05) is 0 Å². The highest BCUT2D eigenvalue weighted by Gasteiger charge is 2.35. The fourth-order valence-electron chi connectivity index (χ4n) is 2.96. The van der Waals surface area contributed by atoms with Crippen molar-refractivity contribution in [2.45, 2.75) is 43.5 Å². The van der Waals surface area contributed by atoms with Gasteiger partial charge in [0.15, 0.2) is 0 Å². The lowest BCUT2D eigenvalue weighted by Crippen LogP contribution is -2.49. The monoisotopic (exact) mass is 389 g/mol. The maximum atomic E-state index is 6.36. The molecule has 1 heterocycles. The van der Waals surface area contributed by atoms with E-state index in [9.17, 15) is 0 Å². The first-order valence-corrected chi connectivity index (χ1v) is 12.8. The lowest BCUT2D eigenvalue weighted by molar-refractivity contribution is -0.0441. The van der Waals surface area contributed by atoms with Crippen LogP contribution >= 0.6 is 0 Å². The third-order valence-electron chi connectivity index (χ3n) is 4.34. The van der Waals surface area contributed by atoms with E-state index < -0.39 is 8.56 Å². The first-order valence-electron chi connectivity index (χ1n) is 8.99. The van der Waals surface area contributed by atoms with Crippen molar-refractivity contribution in [3.63, 3.8) is 0 Å². The van der Waals surface area contributed by atoms with Gasteiger partial charge < -0.3 is 28.0 Å². The molecule has 2 radical (unpaired) electrons. The van der Waals surface area contributed by atoms with Gasteiger partial charge in [0.25, 0.3) is 0 Å². The van der Waals surface area contributed by atoms with Crippen molar-refractivity contribution in [1.29, 1.82) is 0 Å². The summed E-state index contributed by atoms with van der Waals surface area (Å²) >= 11 is 0. The van der Waals surface area contributed by atoms with E-state index in [2.05, 4.69) is 18.0 Å². The molecule has 1 aliphatic heterocycles. The van der Waals surface area contributed by atoms with Gasteiger partial charge in [0, 0.05) is 27.9 Å². The highest BCUT2D eigenvalue weighted by Crippen LogP contribution is 2.21. The summed E-state index contributed by atoms with van der Waals surface area (Å²) < 4.78 is 28.3. The first kappa shape index (κ1) is 23.0. The minimum Gasteiger partial charge on any atom is -0.398 e. The summed E-state index contributed by atoms with van der Waals surface area (Å²) in [6, 6.07) is 2.14. The van der Waals surface area contributed by atoms with Crippen LogP contribution < -0.4 is 0 Å². The molecule has 0 aliphatic carbocycles. The van der Waals surface area contributed by atoms with Crippen LogP contribution in [0.5, 0.6) is 0 Å². The Morgan fingerprint density at radius 3 is 2.76 bits per heavy atom. The smallest absolute Gasteiger partial charge is 0.335 e. The highest BCUT2D eigenvalue weighted by molar-refractivity contribution is 6.66. The molecule has 25 heavy (non-hydrogen) atoms. The number of rotatable bonds is 12. The molecule has 2 unspecified atom stereocenters. The Bertz CT molecular complexity index is 360. The lowest BCUT2D eigenvalue weighted by Gasteiger charge is -2.37. The quantitative estimate of drug-likeness (QED) is 0.220. The zero-order valence-electron chi connectivity index (χ0n) is 16.3. The molecule has 1 aliphatic rings. The van der Waals surface area contributed by atoms with E-state index in [1.165, 1.54) is 0 Å². The van der Waals surface area contributed by atoms with Crippen molar-refractivity contribution < 1.29 is 23.1 Å². The van der Waals surface area contributed by atoms with Crippen LogP contribution in [0.15, 0.2) is 12.7 Å². The molecule has 6 nitrogen and oxygen atoms in total. The minimum atomic E-state index is -2.07. The van der Waals surface area contributed by atoms with E-state index in [-0.39, 0.29) is 12.0 Å². The zero-order valence-corrected chi connectivity index (χ0v) is 18.3. The van der Waals surface area contributed by atoms with Gasteiger partial charge in [-0.15, -0.1) is 6.58 Å². The van der Waals surface area contributed by atoms with Gasteiger partial charge in [-0.2, -0.15) is 0 Å². The molecule has 1 fully saturated rings. The van der Waals surface area contributed by atoms with Gasteiger partial charge in [0.1, 0.15) is 15.4 Å². The SMILES string of the molecule is C=CCOCC1CN(CCC[Si]C(OC)OC)CCC[Si](C)(OC)O1. The molecule has 0 N–H and O–H groups in total. The molecule has 0 amide bonds. The van der Waals surface area contributed by atoms with Crippen LogP contribution in [0.2, 0.25) is 18.6 Å². The zero-order chi connectivity index (χ0) is 18.5. The maximum Gasteiger partial charge on any atom is 0.335 e. The van der Waals surface area contributed by atoms with E-state index in [0.717, 1.165) is 44.6 Å². The molecule has 2 atom stereocenters. The predicted molar refractivity (Wildman–Crippen MR) is 103 cm³/mol. The highest BCUT2D eigenvalue weighted by atomic mass is 28.4. The van der Waals surface area contributed by atoms with Crippen LogP contribution in [0, 0.1) is 0 Å². The van der Waals surface area contributed by atoms with Crippen LogP contribution in [0.25, 0.3) is 0 Å². The third-order valence-corrected chi connectivity index (χ3v) is 8.75. The molecular formula is C17H35NO5Si2. The molecule has 146 valence electrons. The predicted octanol–water partition coefficient (Wildman–Crippen LogP) is 2.09. The molecule has 0 aromatic carbocycles. The molecular weight excluding hydrogens is 354 g/mol. The average Bonchev–Trinajstić information content (AvgIpc) is 2.60. The van der Waals surface area contributed by atoms with Crippen LogP contribution in [-0.4, -0.2) is 89.2 Å². The fraction of sp³-hybridized carbons (Fsp3) is 0.882. The lowest BCUT2D eigenvalue weighted by atomic mass is 10.3. The topological polar surface area (TPSA) is 49.4 Å². The number of methoxy groups -OCH3 is 2. The van der Waals surface area contributed by atoms with Crippen molar-refractivity contribution in [3.05, 3.63) is 12.7 Å². The van der Waals surface area contributed by atoms with Gasteiger partial charge in [-0.05, 0) is 38.5 Å². The van der Waals surface area contributed by atoms with E-state index in [1.54, 1.807) is 27.4 Å². The summed E-state index contributed by atoms with van der Waals surface area (Å²) in [5.74, 6) is -0.0656. The number of hydrogen-bond donors (Lipinski definition) is 0. The van der Waals surface area contributed by atoms with Gasteiger partial charge >= 0.3 is 8.56 Å². The van der Waals surface area contributed by atoms with Crippen molar-refractivity contribution in [3.8, 4) is 0 Å². The molecule has 0 aromatic rings. The summed E-state index contributed by atoms with van der Waals surface area (Å²) in [5.41, 5.74) is 0. The second-order valence-electron chi connectivity index (χ2n) is 6.42. The Labute approximate surface area is 156 Å². The van der Waals surface area contributed by atoms with Crippen molar-refractivity contribution >= 4 is 18.1 Å². The van der Waals surface area contributed by atoms with Gasteiger partial charge in [-0.25, -0.2) is 0 Å².